The van der Waals surface area contributed by atoms with E-state index in [0.29, 0.717) is 18.4 Å². The first-order chi connectivity index (χ1) is 7.42. The zero-order valence-electron chi connectivity index (χ0n) is 11.2. The number of carbonyl (C=O) groups excluding carboxylic acids is 1. The maximum absolute atomic E-state index is 12.1. The van der Waals surface area contributed by atoms with Crippen LogP contribution in [0.25, 0.3) is 0 Å². The summed E-state index contributed by atoms with van der Waals surface area (Å²) in [6.45, 7) is 11.2. The summed E-state index contributed by atoms with van der Waals surface area (Å²) in [6, 6.07) is 0.517. The molecule has 1 aliphatic rings. The van der Waals surface area contributed by atoms with E-state index in [4.69, 9.17) is 0 Å². The van der Waals surface area contributed by atoms with Gasteiger partial charge in [-0.15, -0.1) is 0 Å². The van der Waals surface area contributed by atoms with Crippen LogP contribution in [-0.4, -0.2) is 36.5 Å². The van der Waals surface area contributed by atoms with Crippen molar-refractivity contribution in [2.24, 2.45) is 5.41 Å². The molecular formula is C13H26N2O. The highest BCUT2D eigenvalue weighted by Gasteiger charge is 2.23. The Bertz CT molecular complexity index is 227. The molecule has 0 aromatic heterocycles. The van der Waals surface area contributed by atoms with Crippen molar-refractivity contribution in [2.45, 2.75) is 53.0 Å². The number of nitrogens with one attached hydrogen (secondary N) is 1. The first kappa shape index (κ1) is 13.5. The highest BCUT2D eigenvalue weighted by molar-refractivity contribution is 5.76. The minimum Gasteiger partial charge on any atom is -0.341 e. The number of rotatable bonds is 4. The summed E-state index contributed by atoms with van der Waals surface area (Å²) in [6.07, 6.45) is 3.10. The van der Waals surface area contributed by atoms with E-state index < -0.39 is 0 Å². The van der Waals surface area contributed by atoms with Gasteiger partial charge in [0.15, 0.2) is 0 Å². The van der Waals surface area contributed by atoms with Crippen LogP contribution in [0.2, 0.25) is 0 Å². The summed E-state index contributed by atoms with van der Waals surface area (Å²) in [4.78, 5) is 14.1. The standard InChI is InChI=1S/C13H26N2O/c1-5-15(10-11-7-6-8-14-11)12(16)9-13(2,3)4/h11,14H,5-10H2,1-4H3. The Balaban J connectivity index is 2.43. The van der Waals surface area contributed by atoms with Gasteiger partial charge in [-0.3, -0.25) is 4.79 Å². The minimum atomic E-state index is 0.0909. The van der Waals surface area contributed by atoms with E-state index in [1.165, 1.54) is 12.8 Å². The van der Waals surface area contributed by atoms with Crippen LogP contribution in [0.3, 0.4) is 0 Å². The number of amides is 1. The molecule has 3 nitrogen and oxygen atoms in total. The largest absolute Gasteiger partial charge is 0.341 e. The predicted molar refractivity (Wildman–Crippen MR) is 67.4 cm³/mol. The van der Waals surface area contributed by atoms with Crippen LogP contribution in [0, 0.1) is 5.41 Å². The van der Waals surface area contributed by atoms with Gasteiger partial charge < -0.3 is 10.2 Å². The fraction of sp³-hybridized carbons (Fsp3) is 0.923. The van der Waals surface area contributed by atoms with Crippen molar-refractivity contribution in [1.29, 1.82) is 0 Å². The van der Waals surface area contributed by atoms with E-state index in [-0.39, 0.29) is 5.41 Å². The molecule has 0 aromatic rings. The SMILES string of the molecule is CCN(CC1CCCN1)C(=O)CC(C)(C)C. The Hall–Kier alpha value is -0.570. The van der Waals surface area contributed by atoms with Gasteiger partial charge in [0.05, 0.1) is 0 Å². The topological polar surface area (TPSA) is 32.3 Å². The molecular weight excluding hydrogens is 200 g/mol. The average Bonchev–Trinajstić information content (AvgIpc) is 2.63. The van der Waals surface area contributed by atoms with E-state index >= 15 is 0 Å². The normalized spacial score (nSPS) is 21.1. The molecule has 0 aromatic carbocycles. The third kappa shape index (κ3) is 4.52. The van der Waals surface area contributed by atoms with E-state index in [1.807, 2.05) is 4.90 Å². The highest BCUT2D eigenvalue weighted by Crippen LogP contribution is 2.20. The lowest BCUT2D eigenvalue weighted by Crippen LogP contribution is -2.42. The second kappa shape index (κ2) is 5.67. The molecule has 1 atom stereocenters. The van der Waals surface area contributed by atoms with Gasteiger partial charge >= 0.3 is 0 Å². The molecule has 1 N–H and O–H groups in total. The summed E-state index contributed by atoms with van der Waals surface area (Å²) < 4.78 is 0. The molecule has 1 aliphatic heterocycles. The molecule has 0 radical (unpaired) electrons. The number of hydrogen-bond donors (Lipinski definition) is 1. The zero-order valence-corrected chi connectivity index (χ0v) is 11.2. The van der Waals surface area contributed by atoms with Gasteiger partial charge in [0.2, 0.25) is 5.91 Å². The molecule has 0 bridgehead atoms. The minimum absolute atomic E-state index is 0.0909. The smallest absolute Gasteiger partial charge is 0.223 e. The summed E-state index contributed by atoms with van der Waals surface area (Å²) in [5, 5.41) is 3.45. The summed E-state index contributed by atoms with van der Waals surface area (Å²) in [5.74, 6) is 0.295. The molecule has 1 unspecified atom stereocenters. The van der Waals surface area contributed by atoms with Gasteiger partial charge in [-0.05, 0) is 31.7 Å². The number of carbonyl (C=O) groups is 1. The third-order valence-electron chi connectivity index (χ3n) is 3.02. The molecule has 1 amide bonds. The van der Waals surface area contributed by atoms with E-state index in [1.54, 1.807) is 0 Å². The second-order valence-corrected chi connectivity index (χ2v) is 5.96. The Labute approximate surface area is 99.6 Å². The van der Waals surface area contributed by atoms with E-state index in [9.17, 15) is 4.79 Å². The molecule has 0 saturated carbocycles. The summed E-state index contributed by atoms with van der Waals surface area (Å²) >= 11 is 0. The van der Waals surface area contributed by atoms with Crippen molar-refractivity contribution < 1.29 is 4.79 Å². The lowest BCUT2D eigenvalue weighted by atomic mass is 9.91. The van der Waals surface area contributed by atoms with Crippen molar-refractivity contribution in [3.8, 4) is 0 Å². The summed E-state index contributed by atoms with van der Waals surface area (Å²) in [7, 11) is 0. The maximum Gasteiger partial charge on any atom is 0.223 e. The van der Waals surface area contributed by atoms with E-state index in [0.717, 1.165) is 19.6 Å². The predicted octanol–water partition coefficient (Wildman–Crippen LogP) is 2.02. The monoisotopic (exact) mass is 226 g/mol. The molecule has 3 heteroatoms. The van der Waals surface area contributed by atoms with Crippen LogP contribution in [0.1, 0.15) is 47.0 Å². The molecule has 94 valence electrons. The van der Waals surface area contributed by atoms with Gasteiger partial charge in [0, 0.05) is 25.6 Å². The van der Waals surface area contributed by atoms with Crippen LogP contribution < -0.4 is 5.32 Å². The van der Waals surface area contributed by atoms with Crippen LogP contribution in [0.5, 0.6) is 0 Å². The Morgan fingerprint density at radius 3 is 2.56 bits per heavy atom. The number of hydrogen-bond acceptors (Lipinski definition) is 2. The molecule has 1 saturated heterocycles. The number of likely N-dealkylation sites (N-methyl/N-ethyl adjacent to an activating group) is 1. The van der Waals surface area contributed by atoms with Gasteiger partial charge in [-0.1, -0.05) is 20.8 Å². The fourth-order valence-corrected chi connectivity index (χ4v) is 2.15. The molecule has 0 spiro atoms. The number of nitrogens with zero attached hydrogens (tertiary/aromatic N) is 1. The Morgan fingerprint density at radius 1 is 1.44 bits per heavy atom. The van der Waals surface area contributed by atoms with Gasteiger partial charge in [-0.25, -0.2) is 0 Å². The van der Waals surface area contributed by atoms with Crippen molar-refractivity contribution in [3.63, 3.8) is 0 Å². The lowest BCUT2D eigenvalue weighted by molar-refractivity contribution is -0.133. The van der Waals surface area contributed by atoms with Crippen molar-refractivity contribution in [3.05, 3.63) is 0 Å². The summed E-state index contributed by atoms with van der Waals surface area (Å²) in [5.41, 5.74) is 0.0909. The fourth-order valence-electron chi connectivity index (χ4n) is 2.15. The van der Waals surface area contributed by atoms with Crippen LogP contribution in [0.4, 0.5) is 0 Å². The zero-order chi connectivity index (χ0) is 12.2. The van der Waals surface area contributed by atoms with Crippen LogP contribution >= 0.6 is 0 Å². The lowest BCUT2D eigenvalue weighted by Gasteiger charge is -2.28. The van der Waals surface area contributed by atoms with Crippen molar-refractivity contribution >= 4 is 5.91 Å². The quantitative estimate of drug-likeness (QED) is 0.795. The second-order valence-electron chi connectivity index (χ2n) is 5.96. The molecule has 16 heavy (non-hydrogen) atoms. The first-order valence-corrected chi connectivity index (χ1v) is 6.43. The van der Waals surface area contributed by atoms with Gasteiger partial charge in [-0.2, -0.15) is 0 Å². The van der Waals surface area contributed by atoms with Gasteiger partial charge in [0.25, 0.3) is 0 Å². The highest BCUT2D eigenvalue weighted by atomic mass is 16.2. The third-order valence-corrected chi connectivity index (χ3v) is 3.02. The molecule has 0 aliphatic carbocycles. The van der Waals surface area contributed by atoms with E-state index in [2.05, 4.69) is 33.0 Å². The van der Waals surface area contributed by atoms with Crippen molar-refractivity contribution in [1.82, 2.24) is 10.2 Å². The maximum atomic E-state index is 12.1. The first-order valence-electron chi connectivity index (χ1n) is 6.43. The van der Waals surface area contributed by atoms with Crippen molar-refractivity contribution in [2.75, 3.05) is 19.6 Å². The Kier molecular flexibility index (Phi) is 4.78. The molecule has 1 fully saturated rings. The molecule has 1 heterocycles. The van der Waals surface area contributed by atoms with Crippen LogP contribution in [0.15, 0.2) is 0 Å². The van der Waals surface area contributed by atoms with Gasteiger partial charge in [0.1, 0.15) is 0 Å². The Morgan fingerprint density at radius 2 is 2.12 bits per heavy atom. The van der Waals surface area contributed by atoms with Crippen LogP contribution in [-0.2, 0) is 4.79 Å². The molecule has 1 rings (SSSR count). The average molecular weight is 226 g/mol.